The highest BCUT2D eigenvalue weighted by molar-refractivity contribution is 9.14. The Labute approximate surface area is 62.2 Å². The molecule has 0 unspecified atom stereocenters. The van der Waals surface area contributed by atoms with Crippen molar-refractivity contribution in [3.63, 3.8) is 0 Å². The van der Waals surface area contributed by atoms with Gasteiger partial charge in [0.1, 0.15) is 0 Å². The lowest BCUT2D eigenvalue weighted by Crippen LogP contribution is -1.58. The van der Waals surface area contributed by atoms with Crippen molar-refractivity contribution < 1.29 is 0 Å². The van der Waals surface area contributed by atoms with Gasteiger partial charge in [-0.25, -0.2) is 0 Å². The van der Waals surface area contributed by atoms with Crippen molar-refractivity contribution in [2.24, 2.45) is 0 Å². The molecule has 0 amide bonds. The van der Waals surface area contributed by atoms with Gasteiger partial charge >= 0.3 is 0 Å². The molecule has 0 aromatic carbocycles. The normalized spacial score (nSPS) is 19.9. The molecule has 0 atom stereocenters. The molecular weight excluding hydrogens is 184 g/mol. The molecule has 0 aromatic rings. The fourth-order valence-corrected chi connectivity index (χ4v) is 1.65. The van der Waals surface area contributed by atoms with E-state index < -0.39 is 0 Å². The van der Waals surface area contributed by atoms with Gasteiger partial charge in [-0.05, 0) is 34.2 Å². The van der Waals surface area contributed by atoms with Crippen LogP contribution in [0, 0.1) is 0 Å². The topological polar surface area (TPSA) is 0 Å². The minimum absolute atomic E-state index is 1.17. The Bertz CT molecular complexity index is 126. The van der Waals surface area contributed by atoms with E-state index in [9.17, 15) is 0 Å². The first-order valence-corrected chi connectivity index (χ1v) is 4.24. The van der Waals surface area contributed by atoms with Gasteiger partial charge in [-0.2, -0.15) is 0 Å². The number of thioether (sulfide) groups is 1. The molecule has 8 heavy (non-hydrogen) atoms. The maximum Gasteiger partial charge on any atom is 0.0505 e. The first-order chi connectivity index (χ1) is 3.89. The Morgan fingerprint density at radius 2 is 2.38 bits per heavy atom. The number of hydrogen-bond donors (Lipinski definition) is 0. The molecule has 0 aromatic heterocycles. The quantitative estimate of drug-likeness (QED) is 0.566. The molecular formula is C6H7BrS. The molecule has 0 saturated heterocycles. The maximum absolute atomic E-state index is 3.41. The van der Waals surface area contributed by atoms with Gasteiger partial charge in [-0.1, -0.05) is 23.9 Å². The molecule has 1 aliphatic rings. The average molecular weight is 191 g/mol. The molecule has 1 heterocycles. The standard InChI is InChI=1S/C6H7BrS/c7-6-4-2-1-3-5-8-6/h3-5H,1-2H2. The van der Waals surface area contributed by atoms with Gasteiger partial charge in [0.05, 0.1) is 3.81 Å². The predicted molar refractivity (Wildman–Crippen MR) is 43.0 cm³/mol. The van der Waals surface area contributed by atoms with Gasteiger partial charge in [0.15, 0.2) is 0 Å². The average Bonchev–Trinajstić information content (AvgIpc) is 1.94. The van der Waals surface area contributed by atoms with E-state index in [0.717, 1.165) is 0 Å². The zero-order chi connectivity index (χ0) is 5.82. The largest absolute Gasteiger partial charge is 0.0911 e. The van der Waals surface area contributed by atoms with Gasteiger partial charge in [0.25, 0.3) is 0 Å². The molecule has 0 spiro atoms. The molecule has 1 aliphatic heterocycles. The summed E-state index contributed by atoms with van der Waals surface area (Å²) in [7, 11) is 0. The van der Waals surface area contributed by atoms with Crippen molar-refractivity contribution >= 4 is 27.7 Å². The number of halogens is 1. The first-order valence-electron chi connectivity index (χ1n) is 2.57. The van der Waals surface area contributed by atoms with Crippen molar-refractivity contribution in [1.29, 1.82) is 0 Å². The fourth-order valence-electron chi connectivity index (χ4n) is 0.522. The van der Waals surface area contributed by atoms with Gasteiger partial charge in [-0.15, -0.1) is 0 Å². The minimum Gasteiger partial charge on any atom is -0.0911 e. The molecule has 44 valence electrons. The van der Waals surface area contributed by atoms with E-state index in [2.05, 4.69) is 33.5 Å². The Balaban J connectivity index is 2.51. The number of rotatable bonds is 0. The lowest BCUT2D eigenvalue weighted by Gasteiger charge is -1.84. The van der Waals surface area contributed by atoms with Crippen LogP contribution in [0.4, 0.5) is 0 Å². The van der Waals surface area contributed by atoms with E-state index in [1.54, 1.807) is 11.8 Å². The SMILES string of the molecule is BrC1=CCCC=CS1. The van der Waals surface area contributed by atoms with E-state index in [1.807, 2.05) is 0 Å². The van der Waals surface area contributed by atoms with Crippen LogP contribution in [-0.4, -0.2) is 0 Å². The second-order valence-electron chi connectivity index (χ2n) is 1.58. The molecule has 0 aliphatic carbocycles. The summed E-state index contributed by atoms with van der Waals surface area (Å²) in [6.07, 6.45) is 6.74. The maximum atomic E-state index is 3.41. The van der Waals surface area contributed by atoms with E-state index in [4.69, 9.17) is 0 Å². The minimum atomic E-state index is 1.17. The van der Waals surface area contributed by atoms with E-state index in [0.29, 0.717) is 0 Å². The van der Waals surface area contributed by atoms with Gasteiger partial charge in [0, 0.05) is 0 Å². The highest BCUT2D eigenvalue weighted by Gasteiger charge is 1.90. The lowest BCUT2D eigenvalue weighted by atomic mass is 10.3. The zero-order valence-corrected chi connectivity index (χ0v) is 6.83. The predicted octanol–water partition coefficient (Wildman–Crippen LogP) is 3.26. The molecule has 0 radical (unpaired) electrons. The van der Waals surface area contributed by atoms with E-state index >= 15 is 0 Å². The van der Waals surface area contributed by atoms with Crippen molar-refractivity contribution in [2.45, 2.75) is 12.8 Å². The summed E-state index contributed by atoms with van der Waals surface area (Å²) in [5.74, 6) is 0. The van der Waals surface area contributed by atoms with Crippen LogP contribution < -0.4 is 0 Å². The second-order valence-corrected chi connectivity index (χ2v) is 3.90. The van der Waals surface area contributed by atoms with Crippen LogP contribution in [0.25, 0.3) is 0 Å². The third kappa shape index (κ3) is 2.05. The molecule has 0 bridgehead atoms. The van der Waals surface area contributed by atoms with E-state index in [-0.39, 0.29) is 0 Å². The van der Waals surface area contributed by atoms with Crippen molar-refractivity contribution in [2.75, 3.05) is 0 Å². The summed E-state index contributed by atoms with van der Waals surface area (Å²) >= 11 is 5.15. The van der Waals surface area contributed by atoms with Crippen LogP contribution >= 0.6 is 27.7 Å². The third-order valence-corrected chi connectivity index (χ3v) is 2.52. The van der Waals surface area contributed by atoms with Gasteiger partial charge < -0.3 is 0 Å². The van der Waals surface area contributed by atoms with Gasteiger partial charge in [0.2, 0.25) is 0 Å². The van der Waals surface area contributed by atoms with Crippen LogP contribution in [0.15, 0.2) is 21.4 Å². The monoisotopic (exact) mass is 190 g/mol. The smallest absolute Gasteiger partial charge is 0.0505 e. The first kappa shape index (κ1) is 6.43. The van der Waals surface area contributed by atoms with Crippen LogP contribution in [0.3, 0.4) is 0 Å². The summed E-state index contributed by atoms with van der Waals surface area (Å²) in [4.78, 5) is 0. The lowest BCUT2D eigenvalue weighted by molar-refractivity contribution is 1.06. The molecule has 0 fully saturated rings. The van der Waals surface area contributed by atoms with E-state index in [1.165, 1.54) is 16.7 Å². The fraction of sp³-hybridized carbons (Fsp3) is 0.333. The summed E-state index contributed by atoms with van der Waals surface area (Å²) in [6, 6.07) is 0. The second kappa shape index (κ2) is 3.36. The van der Waals surface area contributed by atoms with Crippen molar-refractivity contribution in [3.8, 4) is 0 Å². The molecule has 0 N–H and O–H groups in total. The molecule has 0 saturated carbocycles. The van der Waals surface area contributed by atoms with Crippen LogP contribution in [-0.2, 0) is 0 Å². The van der Waals surface area contributed by atoms with Crippen LogP contribution in [0.5, 0.6) is 0 Å². The Hall–Kier alpha value is 0.310. The van der Waals surface area contributed by atoms with Crippen LogP contribution in [0.2, 0.25) is 0 Å². The van der Waals surface area contributed by atoms with Crippen molar-refractivity contribution in [1.82, 2.24) is 0 Å². The van der Waals surface area contributed by atoms with Crippen LogP contribution in [0.1, 0.15) is 12.8 Å². The van der Waals surface area contributed by atoms with Gasteiger partial charge in [-0.3, -0.25) is 0 Å². The number of hydrogen-bond acceptors (Lipinski definition) is 1. The molecule has 0 nitrogen and oxygen atoms in total. The summed E-state index contributed by atoms with van der Waals surface area (Å²) in [5, 5.41) is 2.12. The van der Waals surface area contributed by atoms with Crippen molar-refractivity contribution in [3.05, 3.63) is 21.4 Å². The third-order valence-electron chi connectivity index (χ3n) is 0.915. The number of allylic oxidation sites excluding steroid dienone is 2. The summed E-state index contributed by atoms with van der Waals surface area (Å²) in [5.41, 5.74) is 0. The molecule has 2 heteroatoms. The Morgan fingerprint density at radius 1 is 1.50 bits per heavy atom. The summed E-state index contributed by atoms with van der Waals surface area (Å²) < 4.78 is 1.24. The summed E-state index contributed by atoms with van der Waals surface area (Å²) in [6.45, 7) is 0. The highest BCUT2D eigenvalue weighted by Crippen LogP contribution is 2.26. The highest BCUT2D eigenvalue weighted by atomic mass is 79.9. The zero-order valence-electron chi connectivity index (χ0n) is 4.43. The Kier molecular flexibility index (Phi) is 2.70. The molecule has 1 rings (SSSR count). The Morgan fingerprint density at radius 3 is 3.25 bits per heavy atom.